The highest BCUT2D eigenvalue weighted by Gasteiger charge is 2.15. The van der Waals surface area contributed by atoms with Crippen molar-refractivity contribution in [1.82, 2.24) is 0 Å². The van der Waals surface area contributed by atoms with Crippen LogP contribution in [0.1, 0.15) is 25.7 Å². The van der Waals surface area contributed by atoms with E-state index >= 15 is 0 Å². The largest absolute Gasteiger partial charge is 0.0550 e. The van der Waals surface area contributed by atoms with Crippen molar-refractivity contribution in [1.29, 1.82) is 0 Å². The zero-order valence-corrected chi connectivity index (χ0v) is 9.98. The van der Waals surface area contributed by atoms with Crippen molar-refractivity contribution in [3.63, 3.8) is 0 Å². The second-order valence-corrected chi connectivity index (χ2v) is 6.21. The fourth-order valence-electron chi connectivity index (χ4n) is 1.50. The van der Waals surface area contributed by atoms with Crippen LogP contribution in [0.5, 0.6) is 0 Å². The van der Waals surface area contributed by atoms with Crippen LogP contribution in [0.25, 0.3) is 0 Å². The van der Waals surface area contributed by atoms with E-state index in [4.69, 9.17) is 0 Å². The average molecular weight is 144 g/mol. The molecule has 8 heavy (non-hydrogen) atoms. The second kappa shape index (κ2) is 2.83. The Morgan fingerprint density at radius 1 is 0.875 bits per heavy atom. The van der Waals surface area contributed by atoms with E-state index < -0.39 is 0 Å². The summed E-state index contributed by atoms with van der Waals surface area (Å²) in [6, 6.07) is 0. The molecule has 1 rings (SSSR count). The molecule has 0 saturated heterocycles. The van der Waals surface area contributed by atoms with Gasteiger partial charge in [-0.1, -0.05) is 36.8 Å². The van der Waals surface area contributed by atoms with E-state index in [9.17, 15) is 0 Å². The van der Waals surface area contributed by atoms with Crippen molar-refractivity contribution in [3.8, 4) is 0 Å². The molecule has 2 unspecified atom stereocenters. The van der Waals surface area contributed by atoms with Gasteiger partial charge in [0.25, 0.3) is 0 Å². The minimum Gasteiger partial charge on any atom is -0.0550 e. The molecule has 0 N–H and O–H groups in total. The van der Waals surface area contributed by atoms with Crippen molar-refractivity contribution < 1.29 is 0 Å². The quantitative estimate of drug-likeness (QED) is 0.416. The van der Waals surface area contributed by atoms with E-state index in [1.165, 1.54) is 44.4 Å². The number of rotatable bonds is 0. The lowest BCUT2D eigenvalue weighted by atomic mass is 9.99. The van der Waals surface area contributed by atoms with Gasteiger partial charge >= 0.3 is 0 Å². The smallest absolute Gasteiger partial charge is 0.00667 e. The molecule has 2 heteroatoms. The van der Waals surface area contributed by atoms with E-state index in [1.54, 1.807) is 12.8 Å². The van der Waals surface area contributed by atoms with Crippen molar-refractivity contribution in [2.45, 2.75) is 36.8 Å². The highest BCUT2D eigenvalue weighted by Crippen LogP contribution is 2.33. The van der Waals surface area contributed by atoms with Gasteiger partial charge in [-0.15, -0.1) is 0 Å². The summed E-state index contributed by atoms with van der Waals surface area (Å²) in [6.07, 6.45) is 6.21. The summed E-state index contributed by atoms with van der Waals surface area (Å²) in [5, 5.41) is 0. The predicted octanol–water partition coefficient (Wildman–Crippen LogP) is -0.132. The van der Waals surface area contributed by atoms with Gasteiger partial charge in [0, 0.05) is 20.5 Å². The summed E-state index contributed by atoms with van der Waals surface area (Å²) in [5.41, 5.74) is 2.41. The Labute approximate surface area is 57.9 Å². The van der Waals surface area contributed by atoms with E-state index in [0.717, 1.165) is 0 Å². The third-order valence-electron chi connectivity index (χ3n) is 2.54. The van der Waals surface area contributed by atoms with Crippen LogP contribution in [-0.2, 0) is 0 Å². The highest BCUT2D eigenvalue weighted by atomic mass is 28.2. The van der Waals surface area contributed by atoms with E-state index in [2.05, 4.69) is 0 Å². The maximum Gasteiger partial charge on any atom is 0.00667 e. The predicted molar refractivity (Wildman–Crippen MR) is 45.8 cm³/mol. The lowest BCUT2D eigenvalue weighted by Crippen LogP contribution is -2.08. The minimum absolute atomic E-state index is 1.20. The molecule has 1 aliphatic rings. The Hall–Kier alpha value is 0.434. The van der Waals surface area contributed by atoms with Crippen LogP contribution in [-0.4, -0.2) is 20.5 Å². The molecule has 48 valence electrons. The standard InChI is InChI=1S/C6H16Si2/c7-5-3-1-2-4-6(5)8/h5-6H,1-4H2,7-8H3. The zero-order chi connectivity index (χ0) is 5.98. The monoisotopic (exact) mass is 144 g/mol. The molecule has 0 nitrogen and oxygen atoms in total. The van der Waals surface area contributed by atoms with Gasteiger partial charge in [-0.3, -0.25) is 0 Å². The van der Waals surface area contributed by atoms with Crippen LogP contribution < -0.4 is 0 Å². The van der Waals surface area contributed by atoms with Crippen LogP contribution in [0.4, 0.5) is 0 Å². The third kappa shape index (κ3) is 1.45. The fourth-order valence-corrected chi connectivity index (χ4v) is 2.98. The van der Waals surface area contributed by atoms with Crippen molar-refractivity contribution >= 4 is 20.5 Å². The molecule has 0 aromatic carbocycles. The summed E-state index contributed by atoms with van der Waals surface area (Å²) in [6.45, 7) is 0. The molecular formula is C6H16Si2. The molecule has 2 atom stereocenters. The molecule has 0 amide bonds. The van der Waals surface area contributed by atoms with Gasteiger partial charge in [0.05, 0.1) is 0 Å². The first-order valence-corrected chi connectivity index (χ1v) is 6.11. The average Bonchev–Trinajstić information content (AvgIpc) is 1.77. The van der Waals surface area contributed by atoms with Gasteiger partial charge in [0.1, 0.15) is 0 Å². The van der Waals surface area contributed by atoms with Crippen LogP contribution in [0.15, 0.2) is 0 Å². The Kier molecular flexibility index (Phi) is 2.32. The van der Waals surface area contributed by atoms with Crippen LogP contribution in [0, 0.1) is 0 Å². The first kappa shape index (κ1) is 6.55. The Bertz CT molecular complexity index is 62.9. The van der Waals surface area contributed by atoms with Crippen LogP contribution in [0.2, 0.25) is 11.1 Å². The molecular weight excluding hydrogens is 128 g/mol. The summed E-state index contributed by atoms with van der Waals surface area (Å²) >= 11 is 0. The normalized spacial score (nSPS) is 40.5. The van der Waals surface area contributed by atoms with E-state index in [-0.39, 0.29) is 0 Å². The Morgan fingerprint density at radius 2 is 1.25 bits per heavy atom. The number of hydrogen-bond acceptors (Lipinski definition) is 0. The van der Waals surface area contributed by atoms with E-state index in [1.807, 2.05) is 0 Å². The van der Waals surface area contributed by atoms with Gasteiger partial charge in [-0.2, -0.15) is 0 Å². The van der Waals surface area contributed by atoms with Crippen molar-refractivity contribution in [2.24, 2.45) is 0 Å². The fraction of sp³-hybridized carbons (Fsp3) is 1.00. The minimum atomic E-state index is 1.20. The summed E-state index contributed by atoms with van der Waals surface area (Å²) in [4.78, 5) is 0. The SMILES string of the molecule is [SiH3]C1CCCCC1[SiH3]. The summed E-state index contributed by atoms with van der Waals surface area (Å²) in [7, 11) is 2.94. The molecule has 0 aromatic rings. The second-order valence-electron chi connectivity index (χ2n) is 3.24. The van der Waals surface area contributed by atoms with Gasteiger partial charge < -0.3 is 0 Å². The van der Waals surface area contributed by atoms with E-state index in [0.29, 0.717) is 0 Å². The Morgan fingerprint density at radius 3 is 1.50 bits per heavy atom. The molecule has 0 radical (unpaired) electrons. The molecule has 0 heterocycles. The van der Waals surface area contributed by atoms with Crippen molar-refractivity contribution in [3.05, 3.63) is 0 Å². The lowest BCUT2D eigenvalue weighted by molar-refractivity contribution is 0.504. The van der Waals surface area contributed by atoms with Gasteiger partial charge in [0.2, 0.25) is 0 Å². The molecule has 0 aromatic heterocycles. The van der Waals surface area contributed by atoms with Crippen LogP contribution >= 0.6 is 0 Å². The third-order valence-corrected chi connectivity index (χ3v) is 7.30. The topological polar surface area (TPSA) is 0 Å². The van der Waals surface area contributed by atoms with Crippen LogP contribution in [0.3, 0.4) is 0 Å². The maximum absolute atomic E-state index is 1.57. The first-order chi connectivity index (χ1) is 3.80. The van der Waals surface area contributed by atoms with Gasteiger partial charge in [-0.25, -0.2) is 0 Å². The molecule has 0 spiro atoms. The maximum atomic E-state index is 1.57. The highest BCUT2D eigenvalue weighted by molar-refractivity contribution is 6.21. The molecule has 0 aliphatic heterocycles. The molecule has 1 saturated carbocycles. The Balaban J connectivity index is 2.28. The molecule has 1 fully saturated rings. The van der Waals surface area contributed by atoms with Gasteiger partial charge in [0.15, 0.2) is 0 Å². The summed E-state index contributed by atoms with van der Waals surface area (Å²) < 4.78 is 0. The summed E-state index contributed by atoms with van der Waals surface area (Å²) in [5.74, 6) is 0. The van der Waals surface area contributed by atoms with Gasteiger partial charge in [-0.05, 0) is 0 Å². The zero-order valence-electron chi connectivity index (χ0n) is 5.98. The van der Waals surface area contributed by atoms with Crippen molar-refractivity contribution in [2.75, 3.05) is 0 Å². The molecule has 0 bridgehead atoms. The first-order valence-electron chi connectivity index (χ1n) is 3.80. The lowest BCUT2D eigenvalue weighted by Gasteiger charge is -2.24. The number of hydrogen-bond donors (Lipinski definition) is 0. The molecule has 1 aliphatic carbocycles.